The maximum Gasteiger partial charge on any atom is 0.331 e. The zero-order chi connectivity index (χ0) is 13.2. The third-order valence-electron chi connectivity index (χ3n) is 2.90. The molecule has 98 valence electrons. The molecule has 0 aromatic rings. The topological polar surface area (TPSA) is 57.5 Å². The van der Waals surface area contributed by atoms with Gasteiger partial charge in [-0.1, -0.05) is 20.3 Å². The summed E-state index contributed by atoms with van der Waals surface area (Å²) in [7, 11) is -4.50. The third kappa shape index (κ3) is 4.11. The van der Waals surface area contributed by atoms with E-state index in [1.165, 1.54) is 20.8 Å². The van der Waals surface area contributed by atoms with E-state index in [1.807, 2.05) is 0 Å². The second-order valence-corrected chi connectivity index (χ2v) is 7.28. The fraction of sp³-hybridized carbons (Fsp3) is 1.00. The second kappa shape index (κ2) is 5.11. The van der Waals surface area contributed by atoms with Gasteiger partial charge in [0.05, 0.1) is 5.16 Å². The Morgan fingerprint density at radius 1 is 1.31 bits per heavy atom. The van der Waals surface area contributed by atoms with E-state index >= 15 is 0 Å². The van der Waals surface area contributed by atoms with Crippen molar-refractivity contribution < 1.29 is 23.1 Å². The van der Waals surface area contributed by atoms with Crippen molar-refractivity contribution in [2.45, 2.75) is 58.0 Å². The summed E-state index contributed by atoms with van der Waals surface area (Å²) < 4.78 is 38.4. The van der Waals surface area contributed by atoms with Crippen molar-refractivity contribution in [3.05, 3.63) is 0 Å². The third-order valence-corrected chi connectivity index (χ3v) is 4.63. The highest BCUT2D eigenvalue weighted by Crippen LogP contribution is 2.55. The Labute approximate surface area is 95.4 Å². The van der Waals surface area contributed by atoms with Gasteiger partial charge >= 0.3 is 7.60 Å². The van der Waals surface area contributed by atoms with Crippen LogP contribution in [0.5, 0.6) is 0 Å². The minimum atomic E-state index is -4.50. The van der Waals surface area contributed by atoms with Crippen molar-refractivity contribution in [3.63, 3.8) is 0 Å². The van der Waals surface area contributed by atoms with Gasteiger partial charge in [0, 0.05) is 12.3 Å². The largest absolute Gasteiger partial charge is 0.331 e. The van der Waals surface area contributed by atoms with Crippen LogP contribution in [-0.2, 0) is 4.57 Å². The Bertz CT molecular complexity index is 273. The van der Waals surface area contributed by atoms with Crippen molar-refractivity contribution in [1.29, 1.82) is 0 Å². The van der Waals surface area contributed by atoms with E-state index in [-0.39, 0.29) is 0 Å². The van der Waals surface area contributed by atoms with Gasteiger partial charge in [-0.3, -0.25) is 4.57 Å². The van der Waals surface area contributed by atoms with Crippen molar-refractivity contribution in [2.24, 2.45) is 5.92 Å². The molecule has 6 heteroatoms. The molecular weight excluding hydrogens is 237 g/mol. The van der Waals surface area contributed by atoms with Crippen LogP contribution in [0, 0.1) is 5.92 Å². The van der Waals surface area contributed by atoms with Crippen LogP contribution in [0.2, 0.25) is 0 Å². The number of rotatable bonds is 6. The molecule has 0 spiro atoms. The highest BCUT2D eigenvalue weighted by atomic mass is 31.2. The van der Waals surface area contributed by atoms with Crippen LogP contribution in [0.25, 0.3) is 0 Å². The first-order valence-electron chi connectivity index (χ1n) is 5.37. The molecule has 16 heavy (non-hydrogen) atoms. The van der Waals surface area contributed by atoms with Crippen LogP contribution in [0.3, 0.4) is 0 Å². The normalized spacial score (nSPS) is 16.2. The van der Waals surface area contributed by atoms with Gasteiger partial charge in [-0.05, 0) is 20.3 Å². The van der Waals surface area contributed by atoms with Gasteiger partial charge in [0.2, 0.25) is 0 Å². The van der Waals surface area contributed by atoms with Crippen LogP contribution < -0.4 is 0 Å². The van der Waals surface area contributed by atoms with Crippen molar-refractivity contribution in [3.8, 4) is 0 Å². The minimum absolute atomic E-state index is 0.351. The fourth-order valence-corrected chi connectivity index (χ4v) is 1.91. The Hall–Kier alpha value is 0.01000. The lowest BCUT2D eigenvalue weighted by atomic mass is 9.91. The van der Waals surface area contributed by atoms with E-state index < -0.39 is 31.0 Å². The predicted molar refractivity (Wildman–Crippen MR) is 59.8 cm³/mol. The van der Waals surface area contributed by atoms with Gasteiger partial charge in [0.15, 0.2) is 0 Å². The summed E-state index contributed by atoms with van der Waals surface area (Å²) in [6.07, 6.45) is 0.197. The van der Waals surface area contributed by atoms with Gasteiger partial charge < -0.3 is 9.79 Å². The lowest BCUT2D eigenvalue weighted by Gasteiger charge is -2.33. The Morgan fingerprint density at radius 3 is 2.06 bits per heavy atom. The molecule has 0 heterocycles. The van der Waals surface area contributed by atoms with Gasteiger partial charge in [-0.15, -0.1) is 0 Å². The fourth-order valence-electron chi connectivity index (χ4n) is 1.50. The molecule has 2 N–H and O–H groups in total. The Kier molecular flexibility index (Phi) is 5.11. The van der Waals surface area contributed by atoms with Gasteiger partial charge in [0.25, 0.3) is 5.92 Å². The average molecular weight is 258 g/mol. The van der Waals surface area contributed by atoms with Crippen LogP contribution >= 0.6 is 7.60 Å². The summed E-state index contributed by atoms with van der Waals surface area (Å²) >= 11 is 0. The highest BCUT2D eigenvalue weighted by molar-refractivity contribution is 7.53. The summed E-state index contributed by atoms with van der Waals surface area (Å²) in [6, 6.07) is 0. The number of halogens is 2. The molecular formula is C10H21F2O3P. The maximum atomic E-state index is 13.7. The molecule has 0 bridgehead atoms. The number of hydrogen-bond acceptors (Lipinski definition) is 1. The molecule has 0 aliphatic heterocycles. The van der Waals surface area contributed by atoms with E-state index in [1.54, 1.807) is 6.92 Å². The quantitative estimate of drug-likeness (QED) is 0.718. The molecule has 0 fully saturated rings. The van der Waals surface area contributed by atoms with E-state index in [9.17, 15) is 13.3 Å². The molecule has 0 aromatic carbocycles. The van der Waals surface area contributed by atoms with Crippen molar-refractivity contribution in [1.82, 2.24) is 0 Å². The molecule has 3 nitrogen and oxygen atoms in total. The van der Waals surface area contributed by atoms with E-state index in [4.69, 9.17) is 9.79 Å². The summed E-state index contributed by atoms with van der Waals surface area (Å²) in [5.74, 6) is -3.90. The Morgan fingerprint density at radius 2 is 1.75 bits per heavy atom. The number of alkyl halides is 2. The first-order valence-corrected chi connectivity index (χ1v) is 6.98. The van der Waals surface area contributed by atoms with Gasteiger partial charge in [-0.25, -0.2) is 8.78 Å². The second-order valence-electron chi connectivity index (χ2n) is 4.98. The summed E-state index contributed by atoms with van der Waals surface area (Å²) in [4.78, 5) is 18.0. The lowest BCUT2D eigenvalue weighted by Crippen LogP contribution is -2.36. The molecule has 0 rings (SSSR count). The minimum Gasteiger partial charge on any atom is -0.324 e. The zero-order valence-electron chi connectivity index (χ0n) is 10.2. The van der Waals surface area contributed by atoms with E-state index in [0.717, 1.165) is 0 Å². The smallest absolute Gasteiger partial charge is 0.324 e. The molecule has 0 aromatic heterocycles. The van der Waals surface area contributed by atoms with Crippen LogP contribution in [0.15, 0.2) is 0 Å². The summed E-state index contributed by atoms with van der Waals surface area (Å²) in [5, 5.41) is -1.68. The predicted octanol–water partition coefficient (Wildman–Crippen LogP) is 3.40. The molecule has 0 aliphatic rings. The standard InChI is InChI=1S/C10H21F2O3P/c1-5-6-8(2)10(11,12)7-9(3,4)16(13,14)15/h8H,5-7H2,1-4H3,(H2,13,14,15)/t8-/m1/s1. The van der Waals surface area contributed by atoms with E-state index in [0.29, 0.717) is 12.8 Å². The van der Waals surface area contributed by atoms with Crippen molar-refractivity contribution >= 4 is 7.60 Å². The molecule has 0 saturated carbocycles. The molecule has 0 radical (unpaired) electrons. The summed E-state index contributed by atoms with van der Waals surface area (Å²) in [6.45, 7) is 5.58. The molecule has 1 atom stereocenters. The first-order chi connectivity index (χ1) is 6.94. The maximum absolute atomic E-state index is 13.7. The molecule has 0 saturated heterocycles. The number of hydrogen-bond donors (Lipinski definition) is 2. The van der Waals surface area contributed by atoms with Crippen LogP contribution in [-0.4, -0.2) is 20.9 Å². The van der Waals surface area contributed by atoms with Crippen molar-refractivity contribution in [2.75, 3.05) is 0 Å². The SMILES string of the molecule is CCC[C@@H](C)C(F)(F)CC(C)(C)P(=O)(O)O. The Balaban J connectivity index is 4.76. The van der Waals surface area contributed by atoms with Gasteiger partial charge in [-0.2, -0.15) is 0 Å². The lowest BCUT2D eigenvalue weighted by molar-refractivity contribution is -0.0695. The highest BCUT2D eigenvalue weighted by Gasteiger charge is 2.48. The molecule has 0 unspecified atom stereocenters. The van der Waals surface area contributed by atoms with Gasteiger partial charge in [0.1, 0.15) is 0 Å². The molecule has 0 aliphatic carbocycles. The summed E-state index contributed by atoms with van der Waals surface area (Å²) in [5.41, 5.74) is 0. The van der Waals surface area contributed by atoms with E-state index in [2.05, 4.69) is 0 Å². The average Bonchev–Trinajstić information content (AvgIpc) is 2.00. The zero-order valence-corrected chi connectivity index (χ0v) is 11.1. The monoisotopic (exact) mass is 258 g/mol. The first kappa shape index (κ1) is 16.0. The van der Waals surface area contributed by atoms with Crippen LogP contribution in [0.1, 0.15) is 47.0 Å². The molecule has 0 amide bonds. The van der Waals surface area contributed by atoms with Crippen LogP contribution in [0.4, 0.5) is 8.78 Å².